The summed E-state index contributed by atoms with van der Waals surface area (Å²) in [5.74, 6) is 0.780. The van der Waals surface area contributed by atoms with Crippen LogP contribution in [-0.2, 0) is 6.54 Å². The van der Waals surface area contributed by atoms with Gasteiger partial charge in [0.15, 0.2) is 0 Å². The molecule has 0 radical (unpaired) electrons. The Balaban J connectivity index is 1.96. The minimum atomic E-state index is 0.780. The molecule has 0 aliphatic heterocycles. The highest BCUT2D eigenvalue weighted by Gasteiger charge is 2.26. The van der Waals surface area contributed by atoms with E-state index in [4.69, 9.17) is 0 Å². The fourth-order valence-electron chi connectivity index (χ4n) is 2.13. The van der Waals surface area contributed by atoms with Gasteiger partial charge in [0.25, 0.3) is 0 Å². The molecule has 1 aliphatic rings. The van der Waals surface area contributed by atoms with Crippen LogP contribution in [0.2, 0.25) is 0 Å². The standard InChI is InChI=1S/C14H16N2S/c1-15-8-11-9-16-14(17-11)13-5-3-2-4-12(13)10-6-7-10/h2-5,9-10,15H,6-8H2,1H3. The van der Waals surface area contributed by atoms with Crippen molar-refractivity contribution in [1.82, 2.24) is 10.3 Å². The normalized spacial score (nSPS) is 15.1. The van der Waals surface area contributed by atoms with Crippen LogP contribution in [0, 0.1) is 0 Å². The topological polar surface area (TPSA) is 24.9 Å². The van der Waals surface area contributed by atoms with Crippen LogP contribution in [0.25, 0.3) is 10.6 Å². The van der Waals surface area contributed by atoms with Crippen LogP contribution in [0.4, 0.5) is 0 Å². The van der Waals surface area contributed by atoms with Gasteiger partial charge >= 0.3 is 0 Å². The highest BCUT2D eigenvalue weighted by molar-refractivity contribution is 7.15. The molecule has 3 heteroatoms. The van der Waals surface area contributed by atoms with Crippen LogP contribution in [0.5, 0.6) is 0 Å². The molecule has 0 saturated heterocycles. The van der Waals surface area contributed by atoms with Gasteiger partial charge in [0, 0.05) is 23.2 Å². The lowest BCUT2D eigenvalue weighted by Gasteiger charge is -2.04. The number of nitrogens with one attached hydrogen (secondary N) is 1. The SMILES string of the molecule is CNCc1cnc(-c2ccccc2C2CC2)s1. The van der Waals surface area contributed by atoms with E-state index in [0.29, 0.717) is 0 Å². The smallest absolute Gasteiger partial charge is 0.123 e. The molecule has 1 aromatic carbocycles. The van der Waals surface area contributed by atoms with E-state index < -0.39 is 0 Å². The van der Waals surface area contributed by atoms with Crippen LogP contribution in [-0.4, -0.2) is 12.0 Å². The first-order valence-electron chi connectivity index (χ1n) is 6.07. The zero-order chi connectivity index (χ0) is 11.7. The Hall–Kier alpha value is -1.19. The van der Waals surface area contributed by atoms with Gasteiger partial charge in [-0.1, -0.05) is 24.3 Å². The van der Waals surface area contributed by atoms with Crippen molar-refractivity contribution < 1.29 is 0 Å². The molecule has 1 heterocycles. The Morgan fingerprint density at radius 3 is 2.94 bits per heavy atom. The second-order valence-electron chi connectivity index (χ2n) is 4.52. The predicted molar refractivity (Wildman–Crippen MR) is 72.3 cm³/mol. The van der Waals surface area contributed by atoms with E-state index in [0.717, 1.165) is 17.5 Å². The molecule has 0 bridgehead atoms. The highest BCUT2D eigenvalue weighted by atomic mass is 32.1. The molecule has 2 aromatic rings. The lowest BCUT2D eigenvalue weighted by atomic mass is 10.0. The quantitative estimate of drug-likeness (QED) is 0.891. The minimum absolute atomic E-state index is 0.780. The summed E-state index contributed by atoms with van der Waals surface area (Å²) in [6, 6.07) is 8.71. The van der Waals surface area contributed by atoms with E-state index >= 15 is 0 Å². The largest absolute Gasteiger partial charge is 0.315 e. The number of nitrogens with zero attached hydrogens (tertiary/aromatic N) is 1. The van der Waals surface area contributed by atoms with Gasteiger partial charge < -0.3 is 5.32 Å². The maximum atomic E-state index is 4.55. The first kappa shape index (κ1) is 10.9. The van der Waals surface area contributed by atoms with E-state index in [-0.39, 0.29) is 0 Å². The maximum Gasteiger partial charge on any atom is 0.123 e. The van der Waals surface area contributed by atoms with E-state index in [1.54, 1.807) is 11.3 Å². The number of hydrogen-bond acceptors (Lipinski definition) is 3. The van der Waals surface area contributed by atoms with Gasteiger partial charge in [0.1, 0.15) is 5.01 Å². The zero-order valence-electron chi connectivity index (χ0n) is 9.94. The van der Waals surface area contributed by atoms with E-state index in [1.807, 2.05) is 13.2 Å². The van der Waals surface area contributed by atoms with Crippen LogP contribution in [0.1, 0.15) is 29.2 Å². The summed E-state index contributed by atoms with van der Waals surface area (Å²) in [4.78, 5) is 5.85. The summed E-state index contributed by atoms with van der Waals surface area (Å²) >= 11 is 1.80. The molecule has 1 aromatic heterocycles. The van der Waals surface area contributed by atoms with Gasteiger partial charge in [-0.05, 0) is 31.4 Å². The van der Waals surface area contributed by atoms with Crippen molar-refractivity contribution in [3.63, 3.8) is 0 Å². The lowest BCUT2D eigenvalue weighted by molar-refractivity contribution is 0.829. The van der Waals surface area contributed by atoms with Crippen molar-refractivity contribution in [2.75, 3.05) is 7.05 Å². The molecule has 0 spiro atoms. The number of thiazole rings is 1. The second-order valence-corrected chi connectivity index (χ2v) is 5.64. The molecule has 1 N–H and O–H groups in total. The van der Waals surface area contributed by atoms with Crippen molar-refractivity contribution in [1.29, 1.82) is 0 Å². The molecule has 1 fully saturated rings. The van der Waals surface area contributed by atoms with Gasteiger partial charge in [0.05, 0.1) is 0 Å². The summed E-state index contributed by atoms with van der Waals surface area (Å²) in [7, 11) is 1.97. The summed E-state index contributed by atoms with van der Waals surface area (Å²) in [5.41, 5.74) is 2.82. The zero-order valence-corrected chi connectivity index (χ0v) is 10.8. The van der Waals surface area contributed by atoms with Crippen LogP contribution in [0.15, 0.2) is 30.5 Å². The number of aromatic nitrogens is 1. The monoisotopic (exact) mass is 244 g/mol. The third-order valence-electron chi connectivity index (χ3n) is 3.11. The van der Waals surface area contributed by atoms with Gasteiger partial charge in [-0.15, -0.1) is 11.3 Å². The molecule has 1 saturated carbocycles. The summed E-state index contributed by atoms with van der Waals surface area (Å²) in [6.45, 7) is 0.906. The van der Waals surface area contributed by atoms with Crippen molar-refractivity contribution in [3.8, 4) is 10.6 Å². The first-order chi connectivity index (χ1) is 8.38. The summed E-state index contributed by atoms with van der Waals surface area (Å²) in [6.07, 6.45) is 4.66. The predicted octanol–water partition coefficient (Wildman–Crippen LogP) is 3.41. The molecule has 3 rings (SSSR count). The third kappa shape index (κ3) is 2.26. The molecule has 0 atom stereocenters. The van der Waals surface area contributed by atoms with E-state index in [2.05, 4.69) is 34.6 Å². The Morgan fingerprint density at radius 2 is 2.18 bits per heavy atom. The molecule has 0 unspecified atom stereocenters. The van der Waals surface area contributed by atoms with Crippen molar-refractivity contribution >= 4 is 11.3 Å². The molecule has 17 heavy (non-hydrogen) atoms. The van der Waals surface area contributed by atoms with Crippen LogP contribution >= 0.6 is 11.3 Å². The Bertz CT molecular complexity index is 514. The Morgan fingerprint density at radius 1 is 1.35 bits per heavy atom. The van der Waals surface area contributed by atoms with Gasteiger partial charge in [0.2, 0.25) is 0 Å². The third-order valence-corrected chi connectivity index (χ3v) is 4.14. The Kier molecular flexibility index (Phi) is 2.95. The molecule has 0 amide bonds. The summed E-state index contributed by atoms with van der Waals surface area (Å²) < 4.78 is 0. The number of benzene rings is 1. The van der Waals surface area contributed by atoms with Crippen LogP contribution < -0.4 is 5.32 Å². The molecule has 1 aliphatic carbocycles. The van der Waals surface area contributed by atoms with Gasteiger partial charge in [-0.2, -0.15) is 0 Å². The maximum absolute atomic E-state index is 4.55. The van der Waals surface area contributed by atoms with Crippen molar-refractivity contribution in [2.24, 2.45) is 0 Å². The molecule has 2 nitrogen and oxygen atoms in total. The number of hydrogen-bond donors (Lipinski definition) is 1. The number of rotatable bonds is 4. The van der Waals surface area contributed by atoms with Gasteiger partial charge in [-0.25, -0.2) is 4.98 Å². The van der Waals surface area contributed by atoms with Crippen molar-refractivity contribution in [3.05, 3.63) is 40.9 Å². The second kappa shape index (κ2) is 4.59. The van der Waals surface area contributed by atoms with Gasteiger partial charge in [-0.3, -0.25) is 0 Å². The minimum Gasteiger partial charge on any atom is -0.315 e. The van der Waals surface area contributed by atoms with Crippen LogP contribution in [0.3, 0.4) is 0 Å². The van der Waals surface area contributed by atoms with E-state index in [9.17, 15) is 0 Å². The van der Waals surface area contributed by atoms with Crippen molar-refractivity contribution in [2.45, 2.75) is 25.3 Å². The highest BCUT2D eigenvalue weighted by Crippen LogP contribution is 2.44. The fourth-order valence-corrected chi connectivity index (χ4v) is 3.10. The molecule has 88 valence electrons. The summed E-state index contributed by atoms with van der Waals surface area (Å²) in [5, 5.41) is 4.33. The lowest BCUT2D eigenvalue weighted by Crippen LogP contribution is -2.02. The average molecular weight is 244 g/mol. The molecular weight excluding hydrogens is 228 g/mol. The Labute approximate surface area is 106 Å². The average Bonchev–Trinajstić information content (AvgIpc) is 3.10. The molecular formula is C14H16N2S. The van der Waals surface area contributed by atoms with E-state index in [1.165, 1.54) is 28.8 Å². The fraction of sp³-hybridized carbons (Fsp3) is 0.357. The first-order valence-corrected chi connectivity index (χ1v) is 6.88.